The fourth-order valence-corrected chi connectivity index (χ4v) is 3.42. The molecule has 0 fully saturated rings. The standard InChI is InChI=1S/C12H12F3N3O.C12H12F3N3.Zn/c1-11(19,9-2-5-16-6-3-9)10-4-7-18(17-10)8-12(13,14)15;1-9(10-2-5-16-6-3-10)11-4-7-18(17-11)8-12(13,14)15;/h2-7,19H,8H2,1H3;2-7,9H,8H2,1H3;. The molecule has 200 valence electrons. The van der Waals surface area contributed by atoms with E-state index in [2.05, 4.69) is 20.2 Å². The zero-order valence-corrected chi connectivity index (χ0v) is 23.5. The molecule has 0 saturated carbocycles. The molecule has 0 spiro atoms. The molecule has 7 nitrogen and oxygen atoms in total. The maximum Gasteiger partial charge on any atom is 0.408 e. The summed E-state index contributed by atoms with van der Waals surface area (Å²) in [6.45, 7) is 1.13. The normalized spacial score (nSPS) is 14.0. The maximum atomic E-state index is 12.2. The van der Waals surface area contributed by atoms with E-state index in [1.807, 2.05) is 19.1 Å². The molecule has 4 aromatic rings. The Hall–Kier alpha value is -3.12. The fraction of sp³-hybridized carbons (Fsp3) is 0.333. The Balaban J connectivity index is 0.000000260. The van der Waals surface area contributed by atoms with Crippen LogP contribution in [0, 0.1) is 0 Å². The van der Waals surface area contributed by atoms with Crippen molar-refractivity contribution in [3.8, 4) is 0 Å². The molecule has 4 heterocycles. The molecule has 4 rings (SSSR count). The van der Waals surface area contributed by atoms with Crippen LogP contribution in [0.3, 0.4) is 0 Å². The van der Waals surface area contributed by atoms with Gasteiger partial charge in [0.1, 0.15) is 18.7 Å². The Kier molecular flexibility index (Phi) is 10.3. The molecular weight excluding hydrogens is 568 g/mol. The van der Waals surface area contributed by atoms with Crippen LogP contribution in [-0.4, -0.2) is 47.0 Å². The third-order valence-electron chi connectivity index (χ3n) is 5.38. The van der Waals surface area contributed by atoms with Gasteiger partial charge in [0.05, 0.1) is 11.4 Å². The predicted molar refractivity (Wildman–Crippen MR) is 121 cm³/mol. The summed E-state index contributed by atoms with van der Waals surface area (Å²) in [5, 5.41) is 18.1. The van der Waals surface area contributed by atoms with Crippen molar-refractivity contribution in [1.82, 2.24) is 29.5 Å². The summed E-state index contributed by atoms with van der Waals surface area (Å²) >= 11 is 0. The van der Waals surface area contributed by atoms with Gasteiger partial charge in [-0.1, -0.05) is 6.92 Å². The molecule has 2 atom stereocenters. The van der Waals surface area contributed by atoms with Gasteiger partial charge in [0.2, 0.25) is 0 Å². The van der Waals surface area contributed by atoms with Crippen molar-refractivity contribution in [2.24, 2.45) is 0 Å². The zero-order chi connectivity index (χ0) is 27.3. The SMILES string of the molecule is CC(O)(c1ccncc1)c1ccn(CC(F)(F)F)n1.CC(c1ccncc1)c1ccn(CC(F)(F)F)n1.[Zn]. The predicted octanol–water partition coefficient (Wildman–Crippen LogP) is 5.09. The van der Waals surface area contributed by atoms with Crippen LogP contribution < -0.4 is 0 Å². The summed E-state index contributed by atoms with van der Waals surface area (Å²) in [5.74, 6) is -0.0533. The van der Waals surface area contributed by atoms with Crippen LogP contribution in [0.2, 0.25) is 0 Å². The Morgan fingerprint density at radius 2 is 1.24 bits per heavy atom. The first-order valence-electron chi connectivity index (χ1n) is 11.0. The second kappa shape index (κ2) is 12.6. The molecule has 38 heavy (non-hydrogen) atoms. The van der Waals surface area contributed by atoms with E-state index >= 15 is 0 Å². The zero-order valence-electron chi connectivity index (χ0n) is 20.5. The first-order chi connectivity index (χ1) is 17.2. The van der Waals surface area contributed by atoms with Crippen LogP contribution in [0.1, 0.15) is 42.3 Å². The molecular formula is C24H24F6N6OZn. The summed E-state index contributed by atoms with van der Waals surface area (Å²) in [4.78, 5) is 7.72. The van der Waals surface area contributed by atoms with E-state index in [0.29, 0.717) is 11.3 Å². The van der Waals surface area contributed by atoms with Crippen LogP contribution in [0.4, 0.5) is 26.3 Å². The van der Waals surface area contributed by atoms with Gasteiger partial charge in [-0.25, -0.2) is 0 Å². The molecule has 2 unspecified atom stereocenters. The van der Waals surface area contributed by atoms with Crippen molar-refractivity contribution in [2.45, 2.75) is 50.8 Å². The molecule has 0 amide bonds. The minimum absolute atomic E-state index is 0. The fourth-order valence-electron chi connectivity index (χ4n) is 3.42. The topological polar surface area (TPSA) is 81.7 Å². The van der Waals surface area contributed by atoms with E-state index in [9.17, 15) is 31.4 Å². The summed E-state index contributed by atoms with van der Waals surface area (Å²) < 4.78 is 75.0. The minimum Gasteiger partial charge on any atom is -0.379 e. The third-order valence-corrected chi connectivity index (χ3v) is 5.38. The monoisotopic (exact) mass is 590 g/mol. The number of halogens is 6. The van der Waals surface area contributed by atoms with E-state index in [0.717, 1.165) is 14.9 Å². The van der Waals surface area contributed by atoms with Gasteiger partial charge < -0.3 is 5.11 Å². The number of alkyl halides is 6. The second-order valence-corrected chi connectivity index (χ2v) is 8.38. The van der Waals surface area contributed by atoms with Crippen molar-refractivity contribution < 1.29 is 50.9 Å². The number of pyridine rings is 2. The van der Waals surface area contributed by atoms with Gasteiger partial charge in [-0.15, -0.1) is 0 Å². The summed E-state index contributed by atoms with van der Waals surface area (Å²) in [6.07, 6.45) is 0.248. The minimum atomic E-state index is -4.34. The molecule has 0 aliphatic heterocycles. The van der Waals surface area contributed by atoms with Crippen molar-refractivity contribution in [2.75, 3.05) is 0 Å². The Morgan fingerprint density at radius 3 is 1.76 bits per heavy atom. The number of hydrogen-bond acceptors (Lipinski definition) is 5. The van der Waals surface area contributed by atoms with Crippen molar-refractivity contribution in [3.63, 3.8) is 0 Å². The van der Waals surface area contributed by atoms with Gasteiger partial charge >= 0.3 is 12.4 Å². The van der Waals surface area contributed by atoms with E-state index in [1.54, 1.807) is 30.6 Å². The first-order valence-corrected chi connectivity index (χ1v) is 11.0. The second-order valence-electron chi connectivity index (χ2n) is 8.38. The average Bonchev–Trinajstić information content (AvgIpc) is 3.48. The molecule has 0 bridgehead atoms. The van der Waals surface area contributed by atoms with Crippen LogP contribution >= 0.6 is 0 Å². The van der Waals surface area contributed by atoms with Crippen molar-refractivity contribution >= 4 is 0 Å². The van der Waals surface area contributed by atoms with Crippen LogP contribution in [0.15, 0.2) is 73.6 Å². The van der Waals surface area contributed by atoms with E-state index in [4.69, 9.17) is 0 Å². The third kappa shape index (κ3) is 9.02. The van der Waals surface area contributed by atoms with Gasteiger partial charge in [0, 0.05) is 62.6 Å². The molecule has 14 heteroatoms. The van der Waals surface area contributed by atoms with Gasteiger partial charge in [0.25, 0.3) is 0 Å². The van der Waals surface area contributed by atoms with Gasteiger partial charge in [-0.2, -0.15) is 36.5 Å². The van der Waals surface area contributed by atoms with Crippen LogP contribution in [-0.2, 0) is 38.2 Å². The van der Waals surface area contributed by atoms with Crippen molar-refractivity contribution in [1.29, 1.82) is 0 Å². The van der Waals surface area contributed by atoms with Crippen molar-refractivity contribution in [3.05, 3.63) is 96.1 Å². The first kappa shape index (κ1) is 31.1. The quantitative estimate of drug-likeness (QED) is 0.250. The van der Waals surface area contributed by atoms with Gasteiger partial charge in [-0.3, -0.25) is 19.3 Å². The number of nitrogens with zero attached hydrogens (tertiary/aromatic N) is 6. The van der Waals surface area contributed by atoms with Crippen LogP contribution in [0.25, 0.3) is 0 Å². The Labute approximate surface area is 227 Å². The number of rotatable bonds is 6. The van der Waals surface area contributed by atoms with E-state index in [-0.39, 0.29) is 31.1 Å². The molecule has 0 aromatic carbocycles. The smallest absolute Gasteiger partial charge is 0.379 e. The Morgan fingerprint density at radius 1 is 0.763 bits per heavy atom. The summed E-state index contributed by atoms with van der Waals surface area (Å²) in [7, 11) is 0. The molecule has 0 aliphatic rings. The molecule has 0 saturated heterocycles. The number of hydrogen-bond donors (Lipinski definition) is 1. The van der Waals surface area contributed by atoms with Crippen LogP contribution in [0.5, 0.6) is 0 Å². The molecule has 1 N–H and O–H groups in total. The number of aliphatic hydroxyl groups is 1. The largest absolute Gasteiger partial charge is 0.408 e. The average molecular weight is 592 g/mol. The molecule has 0 radical (unpaired) electrons. The molecule has 4 aromatic heterocycles. The van der Waals surface area contributed by atoms with Gasteiger partial charge in [-0.05, 0) is 54.4 Å². The molecule has 0 aliphatic carbocycles. The Bertz CT molecular complexity index is 1260. The van der Waals surface area contributed by atoms with E-state index in [1.165, 1.54) is 37.8 Å². The summed E-state index contributed by atoms with van der Waals surface area (Å²) in [5.41, 5.74) is 0.801. The van der Waals surface area contributed by atoms with E-state index < -0.39 is 31.0 Å². The van der Waals surface area contributed by atoms with Gasteiger partial charge in [0.15, 0.2) is 0 Å². The maximum absolute atomic E-state index is 12.2. The summed E-state index contributed by atoms with van der Waals surface area (Å²) in [6, 6.07) is 9.80. The number of aromatic nitrogens is 6.